The number of carbonyl (C=O) groups is 2. The van der Waals surface area contributed by atoms with Crippen molar-refractivity contribution >= 4 is 39.9 Å². The van der Waals surface area contributed by atoms with Crippen molar-refractivity contribution in [2.75, 3.05) is 6.61 Å². The van der Waals surface area contributed by atoms with E-state index in [4.69, 9.17) is 26.1 Å². The molecule has 45 heavy (non-hydrogen) atoms. The first-order valence-corrected chi connectivity index (χ1v) is 15.2. The number of nitro benzene ring substituents is 1. The summed E-state index contributed by atoms with van der Waals surface area (Å²) < 4.78 is 11.1. The van der Waals surface area contributed by atoms with Crippen LogP contribution in [0.2, 0.25) is 5.02 Å². The standard InChI is InChI=1S/C36H29ClN2O6/c37-30-10-6-12-33(39(42)43)35(30)45-27-19-17-26(18-20-27)34(40)22-44-36(41)29-21-32(38-31-11-5-4-9-28(29)31)25-15-13-24(14-16-25)23-7-2-1-3-8-23/h4-6,9-21,23H,1-3,7-8,22H2. The van der Waals surface area contributed by atoms with Gasteiger partial charge in [0, 0.05) is 22.6 Å². The van der Waals surface area contributed by atoms with E-state index in [0.29, 0.717) is 28.1 Å². The van der Waals surface area contributed by atoms with Crippen molar-refractivity contribution in [3.05, 3.63) is 129 Å². The third kappa shape index (κ3) is 6.71. The van der Waals surface area contributed by atoms with Crippen LogP contribution in [-0.4, -0.2) is 28.3 Å². The molecular weight excluding hydrogens is 592 g/mol. The lowest BCUT2D eigenvalue weighted by Crippen LogP contribution is -2.15. The molecule has 0 N–H and O–H groups in total. The van der Waals surface area contributed by atoms with E-state index >= 15 is 0 Å². The molecule has 1 saturated carbocycles. The van der Waals surface area contributed by atoms with Crippen molar-refractivity contribution in [1.82, 2.24) is 4.98 Å². The summed E-state index contributed by atoms with van der Waals surface area (Å²) in [5.41, 5.74) is 3.86. The number of rotatable bonds is 9. The maximum absolute atomic E-state index is 13.3. The van der Waals surface area contributed by atoms with E-state index in [2.05, 4.69) is 24.3 Å². The highest BCUT2D eigenvalue weighted by molar-refractivity contribution is 6.32. The minimum atomic E-state index is -0.631. The largest absolute Gasteiger partial charge is 0.454 e. The van der Waals surface area contributed by atoms with Gasteiger partial charge in [-0.1, -0.05) is 79.4 Å². The van der Waals surface area contributed by atoms with Crippen LogP contribution < -0.4 is 4.74 Å². The lowest BCUT2D eigenvalue weighted by Gasteiger charge is -2.22. The Balaban J connectivity index is 1.16. The van der Waals surface area contributed by atoms with Crippen molar-refractivity contribution in [2.24, 2.45) is 0 Å². The van der Waals surface area contributed by atoms with E-state index < -0.39 is 23.3 Å². The number of ketones is 1. The predicted molar refractivity (Wildman–Crippen MR) is 172 cm³/mol. The number of aromatic nitrogens is 1. The first kappa shape index (κ1) is 30.0. The van der Waals surface area contributed by atoms with Gasteiger partial charge in [0.2, 0.25) is 5.75 Å². The van der Waals surface area contributed by atoms with Crippen LogP contribution in [0.4, 0.5) is 5.69 Å². The highest BCUT2D eigenvalue weighted by Gasteiger charge is 2.21. The van der Waals surface area contributed by atoms with Crippen LogP contribution in [0.1, 0.15) is 64.3 Å². The summed E-state index contributed by atoms with van der Waals surface area (Å²) in [6.45, 7) is -0.475. The molecule has 0 amide bonds. The molecule has 6 rings (SSSR count). The zero-order chi connectivity index (χ0) is 31.3. The molecule has 0 unspecified atom stereocenters. The fraction of sp³-hybridized carbons (Fsp3) is 0.194. The van der Waals surface area contributed by atoms with E-state index in [1.54, 1.807) is 12.1 Å². The van der Waals surface area contributed by atoms with E-state index in [1.807, 2.05) is 18.2 Å². The monoisotopic (exact) mass is 620 g/mol. The van der Waals surface area contributed by atoms with Crippen LogP contribution in [0.5, 0.6) is 11.5 Å². The van der Waals surface area contributed by atoms with Gasteiger partial charge in [0.25, 0.3) is 0 Å². The second-order valence-corrected chi connectivity index (χ2v) is 11.4. The van der Waals surface area contributed by atoms with Crippen LogP contribution in [0.3, 0.4) is 0 Å². The van der Waals surface area contributed by atoms with E-state index in [-0.39, 0.29) is 27.8 Å². The lowest BCUT2D eigenvalue weighted by atomic mass is 9.84. The van der Waals surface area contributed by atoms with Gasteiger partial charge in [0.05, 0.1) is 26.7 Å². The molecule has 1 heterocycles. The number of hydrogen-bond donors (Lipinski definition) is 0. The Labute approximate surface area is 264 Å². The average molecular weight is 621 g/mol. The molecule has 4 aromatic carbocycles. The molecule has 8 nitrogen and oxygen atoms in total. The van der Waals surface area contributed by atoms with Crippen LogP contribution in [-0.2, 0) is 4.74 Å². The molecule has 1 fully saturated rings. The first-order valence-electron chi connectivity index (χ1n) is 14.8. The van der Waals surface area contributed by atoms with E-state index in [1.165, 1.54) is 80.1 Å². The van der Waals surface area contributed by atoms with Crippen molar-refractivity contribution in [3.63, 3.8) is 0 Å². The number of nitro groups is 1. The minimum absolute atomic E-state index is 0.0829. The van der Waals surface area contributed by atoms with E-state index in [0.717, 1.165) is 5.56 Å². The van der Waals surface area contributed by atoms with Gasteiger partial charge in [-0.2, -0.15) is 0 Å². The summed E-state index contributed by atoms with van der Waals surface area (Å²) in [6.07, 6.45) is 6.27. The average Bonchev–Trinajstić information content (AvgIpc) is 3.08. The maximum atomic E-state index is 13.3. The Morgan fingerprint density at radius 2 is 1.62 bits per heavy atom. The molecule has 0 aliphatic heterocycles. The highest BCUT2D eigenvalue weighted by Crippen LogP contribution is 2.38. The number of nitrogens with zero attached hydrogens (tertiary/aromatic N) is 2. The molecule has 0 atom stereocenters. The normalized spacial score (nSPS) is 13.4. The summed E-state index contributed by atoms with van der Waals surface area (Å²) in [6, 6.07) is 27.7. The number of fused-ring (bicyclic) bond motifs is 1. The topological polar surface area (TPSA) is 109 Å². The number of carbonyl (C=O) groups excluding carboxylic acids is 2. The summed E-state index contributed by atoms with van der Waals surface area (Å²) in [4.78, 5) is 41.8. The third-order valence-corrected chi connectivity index (χ3v) is 8.39. The quantitative estimate of drug-likeness (QED) is 0.0699. The number of pyridine rings is 1. The second kappa shape index (κ2) is 13.3. The van der Waals surface area contributed by atoms with E-state index in [9.17, 15) is 19.7 Å². The molecular formula is C36H29ClN2O6. The molecule has 0 radical (unpaired) electrons. The molecule has 0 bridgehead atoms. The molecule has 226 valence electrons. The van der Waals surface area contributed by atoms with Crippen LogP contribution >= 0.6 is 11.6 Å². The van der Waals surface area contributed by atoms with Gasteiger partial charge in [-0.3, -0.25) is 14.9 Å². The zero-order valence-electron chi connectivity index (χ0n) is 24.3. The molecule has 9 heteroatoms. The molecule has 1 aliphatic carbocycles. The molecule has 1 aromatic heterocycles. The van der Waals surface area contributed by atoms with Crippen LogP contribution in [0.15, 0.2) is 97.1 Å². The Morgan fingerprint density at radius 1 is 0.889 bits per heavy atom. The summed E-state index contributed by atoms with van der Waals surface area (Å²) >= 11 is 6.11. The van der Waals surface area contributed by atoms with Gasteiger partial charge in [-0.25, -0.2) is 9.78 Å². The second-order valence-electron chi connectivity index (χ2n) is 11.0. The van der Waals surface area contributed by atoms with Crippen molar-refractivity contribution in [2.45, 2.75) is 38.0 Å². The maximum Gasteiger partial charge on any atom is 0.339 e. The number of ether oxygens (including phenoxy) is 2. The molecule has 1 aliphatic rings. The molecule has 0 spiro atoms. The summed E-state index contributed by atoms with van der Waals surface area (Å²) in [7, 11) is 0. The Kier molecular flexibility index (Phi) is 8.84. The lowest BCUT2D eigenvalue weighted by molar-refractivity contribution is -0.385. The first-order chi connectivity index (χ1) is 21.9. The Hall–Kier alpha value is -5.08. The zero-order valence-corrected chi connectivity index (χ0v) is 25.0. The summed E-state index contributed by atoms with van der Waals surface area (Å²) in [5, 5.41) is 12.1. The van der Waals surface area contributed by atoms with Crippen molar-refractivity contribution < 1.29 is 24.0 Å². The Morgan fingerprint density at radius 3 is 2.36 bits per heavy atom. The minimum Gasteiger partial charge on any atom is -0.454 e. The van der Waals surface area contributed by atoms with Crippen molar-refractivity contribution in [3.8, 4) is 22.8 Å². The SMILES string of the molecule is O=C(COC(=O)c1cc(-c2ccc(C3CCCCC3)cc2)nc2ccccc12)c1ccc(Oc2c(Cl)cccc2[N+](=O)[O-])cc1. The molecule has 5 aromatic rings. The third-order valence-electron chi connectivity index (χ3n) is 8.09. The predicted octanol–water partition coefficient (Wildman–Crippen LogP) is 9.34. The number of para-hydroxylation sites is 2. The van der Waals surface area contributed by atoms with Crippen LogP contribution in [0.25, 0.3) is 22.2 Å². The number of Topliss-reactive ketones (excluding diaryl/α,β-unsaturated/α-hetero) is 1. The number of hydrogen-bond acceptors (Lipinski definition) is 7. The Bertz CT molecular complexity index is 1880. The summed E-state index contributed by atoms with van der Waals surface area (Å²) in [5.74, 6) is -0.305. The van der Waals surface area contributed by atoms with Crippen molar-refractivity contribution in [1.29, 1.82) is 0 Å². The number of benzene rings is 4. The van der Waals surface area contributed by atoms with Crippen LogP contribution in [0, 0.1) is 10.1 Å². The van der Waals surface area contributed by atoms with Gasteiger partial charge in [0.15, 0.2) is 12.4 Å². The molecule has 0 saturated heterocycles. The van der Waals surface area contributed by atoms with Gasteiger partial charge in [0.1, 0.15) is 5.75 Å². The number of esters is 1. The fourth-order valence-corrected chi connectivity index (χ4v) is 5.92. The number of halogens is 1. The van der Waals surface area contributed by atoms with Gasteiger partial charge >= 0.3 is 11.7 Å². The smallest absolute Gasteiger partial charge is 0.339 e. The van der Waals surface area contributed by atoms with Gasteiger partial charge < -0.3 is 9.47 Å². The van der Waals surface area contributed by atoms with Gasteiger partial charge in [-0.05, 0) is 66.8 Å². The fourth-order valence-electron chi connectivity index (χ4n) is 5.72. The highest BCUT2D eigenvalue weighted by atomic mass is 35.5. The van der Waals surface area contributed by atoms with Gasteiger partial charge in [-0.15, -0.1) is 0 Å².